The van der Waals surface area contributed by atoms with E-state index in [9.17, 15) is 28.4 Å². The third-order valence-corrected chi connectivity index (χ3v) is 4.73. The third kappa shape index (κ3) is 3.78. The number of carboxylic acids is 1. The van der Waals surface area contributed by atoms with Crippen molar-refractivity contribution in [3.8, 4) is 0 Å². The lowest BCUT2D eigenvalue weighted by Gasteiger charge is -2.34. The number of sulfonamides is 1. The zero-order chi connectivity index (χ0) is 21.2. The van der Waals surface area contributed by atoms with Gasteiger partial charge in [-0.15, -0.1) is 0 Å². The number of hydrazine groups is 1. The van der Waals surface area contributed by atoms with Crippen LogP contribution in [0.4, 0.5) is 5.69 Å². The summed E-state index contributed by atoms with van der Waals surface area (Å²) in [6.45, 7) is -1.99. The number of carbonyl (C=O) groups is 1. The highest BCUT2D eigenvalue weighted by Crippen LogP contribution is 2.23. The average Bonchev–Trinajstić information content (AvgIpc) is 2.52. The fourth-order valence-electron chi connectivity index (χ4n) is 1.79. The van der Waals surface area contributed by atoms with Crippen LogP contribution in [0.15, 0.2) is 29.2 Å². The number of benzene rings is 1. The lowest BCUT2D eigenvalue weighted by molar-refractivity contribution is -0.384. The summed E-state index contributed by atoms with van der Waals surface area (Å²) in [5, 5.41) is 27.4. The van der Waals surface area contributed by atoms with Crippen molar-refractivity contribution in [3.05, 3.63) is 34.4 Å². The number of aliphatic carboxylic acids is 1. The van der Waals surface area contributed by atoms with Crippen molar-refractivity contribution in [3.63, 3.8) is 0 Å². The van der Waals surface area contributed by atoms with E-state index in [-0.39, 0.29) is 15.8 Å². The van der Waals surface area contributed by atoms with Crippen molar-refractivity contribution >= 4 is 27.6 Å². The second-order valence-electron chi connectivity index (χ2n) is 4.49. The number of nitrogens with two attached hydrogens (primary N) is 1. The molecule has 11 nitrogen and oxygen atoms in total. The van der Waals surface area contributed by atoms with Gasteiger partial charge in [-0.3, -0.25) is 25.3 Å². The number of guanidine groups is 1. The van der Waals surface area contributed by atoms with Crippen LogP contribution in [0.25, 0.3) is 0 Å². The number of hydrogen-bond donors (Lipinski definition) is 3. The summed E-state index contributed by atoms with van der Waals surface area (Å²) in [4.78, 5) is 20.9. The molecule has 1 aromatic carbocycles. The predicted molar refractivity (Wildman–Crippen MR) is 83.5 cm³/mol. The van der Waals surface area contributed by atoms with Crippen LogP contribution < -0.4 is 5.73 Å². The number of hydrogen-bond acceptors (Lipinski definition) is 6. The van der Waals surface area contributed by atoms with Gasteiger partial charge in [-0.25, -0.2) is 8.42 Å². The number of nitrogens with zero attached hydrogens (tertiary/aromatic N) is 3. The lowest BCUT2D eigenvalue weighted by Crippen LogP contribution is -2.56. The van der Waals surface area contributed by atoms with Gasteiger partial charge in [-0.1, -0.05) is 11.3 Å². The highest BCUT2D eigenvalue weighted by Gasteiger charge is 2.39. The van der Waals surface area contributed by atoms with Gasteiger partial charge in [0.15, 0.2) is 0 Å². The maximum absolute atomic E-state index is 13.0. The fraction of sp³-hybridized carbons (Fsp3) is 0.333. The van der Waals surface area contributed by atoms with Crippen LogP contribution >= 0.6 is 0 Å². The fourth-order valence-corrected chi connectivity index (χ4v) is 3.37. The summed E-state index contributed by atoms with van der Waals surface area (Å²) < 4.78 is 48.2. The summed E-state index contributed by atoms with van der Waals surface area (Å²) >= 11 is 0. The molecule has 24 heavy (non-hydrogen) atoms. The molecule has 1 rings (SSSR count). The molecule has 0 aliphatic carbocycles. The standard InChI is InChI=1S/C12H17N5O6S/c1-3-10(11(18)19)16(15(2)12(13)14)24(22,23)9-6-4-8(5-7-9)17(20)21/h4-7,10H,3H2,1-2H3,(H3,13,14)(H,18,19)/i2D3. The summed E-state index contributed by atoms with van der Waals surface area (Å²) in [7, 11) is -4.85. The summed E-state index contributed by atoms with van der Waals surface area (Å²) in [5.41, 5.74) is 4.79. The maximum atomic E-state index is 13.0. The maximum Gasteiger partial charge on any atom is 0.324 e. The molecule has 0 saturated heterocycles. The second kappa shape index (κ2) is 7.23. The van der Waals surface area contributed by atoms with Gasteiger partial charge < -0.3 is 10.8 Å². The molecule has 0 amide bonds. The van der Waals surface area contributed by atoms with E-state index in [2.05, 4.69) is 0 Å². The first-order valence-corrected chi connectivity index (χ1v) is 7.85. The van der Waals surface area contributed by atoms with Gasteiger partial charge in [0, 0.05) is 23.2 Å². The Morgan fingerprint density at radius 3 is 2.38 bits per heavy atom. The molecule has 0 heterocycles. The minimum absolute atomic E-state index is 0.00810. The summed E-state index contributed by atoms with van der Waals surface area (Å²) in [6.07, 6.45) is -0.346. The second-order valence-corrected chi connectivity index (χ2v) is 6.28. The topological polar surface area (TPSA) is 171 Å². The predicted octanol–water partition coefficient (Wildman–Crippen LogP) is 0.189. The number of non-ortho nitro benzene ring substituents is 1. The van der Waals surface area contributed by atoms with E-state index < -0.39 is 50.5 Å². The van der Waals surface area contributed by atoms with Crippen LogP contribution in [0.2, 0.25) is 0 Å². The van der Waals surface area contributed by atoms with Crippen LogP contribution in [0.1, 0.15) is 17.5 Å². The van der Waals surface area contributed by atoms with E-state index in [1.165, 1.54) is 6.92 Å². The number of rotatable bonds is 7. The molecular weight excluding hydrogens is 342 g/mol. The largest absolute Gasteiger partial charge is 0.480 e. The van der Waals surface area contributed by atoms with E-state index in [1.54, 1.807) is 0 Å². The van der Waals surface area contributed by atoms with Crippen LogP contribution in [0.5, 0.6) is 0 Å². The minimum Gasteiger partial charge on any atom is -0.480 e. The Morgan fingerprint density at radius 2 is 2.04 bits per heavy atom. The van der Waals surface area contributed by atoms with Crippen LogP contribution in [-0.4, -0.2) is 52.8 Å². The Kier molecular flexibility index (Phi) is 4.47. The Labute approximate surface area is 142 Å². The SMILES string of the molecule is [2H]C([2H])([2H])N(C(=N)N)N(C(CC)C(=O)O)S(=O)(=O)c1ccc([N+](=O)[O-])cc1. The molecule has 132 valence electrons. The molecule has 0 spiro atoms. The third-order valence-electron chi connectivity index (χ3n) is 2.96. The van der Waals surface area contributed by atoms with Crippen LogP contribution in [0.3, 0.4) is 0 Å². The van der Waals surface area contributed by atoms with Crippen LogP contribution in [-0.2, 0) is 14.8 Å². The van der Waals surface area contributed by atoms with Gasteiger partial charge in [0.2, 0.25) is 5.96 Å². The van der Waals surface area contributed by atoms with E-state index in [0.29, 0.717) is 0 Å². The van der Waals surface area contributed by atoms with Gasteiger partial charge in [0.05, 0.1) is 9.82 Å². The molecule has 4 N–H and O–H groups in total. The molecule has 0 aliphatic heterocycles. The number of nitro groups is 1. The number of nitro benzene ring substituents is 1. The van der Waals surface area contributed by atoms with Gasteiger partial charge in [0.25, 0.3) is 15.7 Å². The quantitative estimate of drug-likeness (QED) is 0.267. The number of nitrogens with one attached hydrogen (secondary N) is 1. The zero-order valence-electron chi connectivity index (χ0n) is 15.4. The smallest absolute Gasteiger partial charge is 0.324 e. The van der Waals surface area contributed by atoms with Crippen molar-refractivity contribution in [2.24, 2.45) is 5.73 Å². The summed E-state index contributed by atoms with van der Waals surface area (Å²) in [6, 6.07) is 1.48. The van der Waals surface area contributed by atoms with Gasteiger partial charge >= 0.3 is 5.97 Å². The van der Waals surface area contributed by atoms with E-state index in [4.69, 9.17) is 15.3 Å². The van der Waals surface area contributed by atoms with Gasteiger partial charge in [-0.2, -0.15) is 0 Å². The molecule has 0 aliphatic rings. The molecule has 0 radical (unpaired) electrons. The Balaban J connectivity index is 3.68. The highest BCUT2D eigenvalue weighted by molar-refractivity contribution is 7.89. The lowest BCUT2D eigenvalue weighted by atomic mass is 10.2. The van der Waals surface area contributed by atoms with Crippen molar-refractivity contribution < 1.29 is 27.4 Å². The van der Waals surface area contributed by atoms with Crippen molar-refractivity contribution in [1.29, 1.82) is 5.41 Å². The first-order valence-electron chi connectivity index (χ1n) is 7.91. The molecule has 0 bridgehead atoms. The molecule has 0 saturated carbocycles. The summed E-state index contributed by atoms with van der Waals surface area (Å²) in [5.74, 6) is -2.89. The monoisotopic (exact) mass is 362 g/mol. The van der Waals surface area contributed by atoms with E-state index in [1.807, 2.05) is 0 Å². The van der Waals surface area contributed by atoms with Crippen molar-refractivity contribution in [1.82, 2.24) is 9.42 Å². The molecule has 1 atom stereocenters. The average molecular weight is 362 g/mol. The Bertz CT molecular complexity index is 842. The zero-order valence-corrected chi connectivity index (χ0v) is 13.2. The van der Waals surface area contributed by atoms with E-state index >= 15 is 0 Å². The normalized spacial score (nSPS) is 15.0. The first-order chi connectivity index (χ1) is 12.2. The van der Waals surface area contributed by atoms with Gasteiger partial charge in [0.1, 0.15) is 6.04 Å². The Hall–Kier alpha value is -2.73. The molecule has 1 unspecified atom stereocenters. The first kappa shape index (κ1) is 14.8. The molecule has 12 heteroatoms. The molecule has 0 fully saturated rings. The molecule has 1 aromatic rings. The number of carboxylic acid groups (broad SMARTS) is 1. The molecule has 0 aromatic heterocycles. The van der Waals surface area contributed by atoms with Crippen molar-refractivity contribution in [2.75, 3.05) is 6.98 Å². The van der Waals surface area contributed by atoms with Gasteiger partial charge in [-0.05, 0) is 18.6 Å². The van der Waals surface area contributed by atoms with Crippen molar-refractivity contribution in [2.45, 2.75) is 24.3 Å². The highest BCUT2D eigenvalue weighted by atomic mass is 32.2. The van der Waals surface area contributed by atoms with Crippen LogP contribution in [0, 0.1) is 15.5 Å². The van der Waals surface area contributed by atoms with E-state index in [0.717, 1.165) is 24.3 Å². The minimum atomic E-state index is -4.85. The molecular formula is C12H17N5O6S. The Morgan fingerprint density at radius 1 is 1.50 bits per heavy atom.